The summed E-state index contributed by atoms with van der Waals surface area (Å²) in [5.74, 6) is 0.968. The molecule has 0 radical (unpaired) electrons. The highest BCUT2D eigenvalue weighted by Gasteiger charge is 2.22. The van der Waals surface area contributed by atoms with Crippen molar-refractivity contribution in [1.82, 2.24) is 4.90 Å². The summed E-state index contributed by atoms with van der Waals surface area (Å²) < 4.78 is 0. The number of rotatable bonds is 6. The monoisotopic (exact) mass is 243 g/mol. The van der Waals surface area contributed by atoms with Crippen molar-refractivity contribution >= 4 is 24.4 Å². The second-order valence-electron chi connectivity index (χ2n) is 4.28. The molecule has 4 heteroatoms. The van der Waals surface area contributed by atoms with Gasteiger partial charge in [0, 0.05) is 19.4 Å². The van der Waals surface area contributed by atoms with E-state index in [1.807, 2.05) is 0 Å². The van der Waals surface area contributed by atoms with Gasteiger partial charge in [0.2, 0.25) is 11.8 Å². The molecule has 1 rings (SSSR count). The third-order valence-corrected chi connectivity index (χ3v) is 3.24. The maximum absolute atomic E-state index is 11.6. The minimum absolute atomic E-state index is 0.0247. The third-order valence-electron chi connectivity index (χ3n) is 2.92. The standard InChI is InChI=1S/C12H21NO2S/c14-11-7-3-4-8-12(15)13(11)9-5-1-2-6-10-16/h16H,1-10H2. The lowest BCUT2D eigenvalue weighted by atomic mass is 10.2. The van der Waals surface area contributed by atoms with Gasteiger partial charge in [-0.25, -0.2) is 0 Å². The Balaban J connectivity index is 2.26. The average Bonchev–Trinajstić information content (AvgIpc) is 2.42. The Morgan fingerprint density at radius 1 is 0.938 bits per heavy atom. The van der Waals surface area contributed by atoms with E-state index in [1.54, 1.807) is 0 Å². The van der Waals surface area contributed by atoms with E-state index >= 15 is 0 Å². The molecule has 1 saturated heterocycles. The van der Waals surface area contributed by atoms with E-state index in [0.717, 1.165) is 44.3 Å². The van der Waals surface area contributed by atoms with Crippen LogP contribution in [0.4, 0.5) is 0 Å². The first kappa shape index (κ1) is 13.6. The van der Waals surface area contributed by atoms with Gasteiger partial charge in [-0.05, 0) is 31.4 Å². The summed E-state index contributed by atoms with van der Waals surface area (Å²) in [6.07, 6.45) is 7.08. The van der Waals surface area contributed by atoms with Gasteiger partial charge in [-0.1, -0.05) is 12.8 Å². The fourth-order valence-corrected chi connectivity index (χ4v) is 2.17. The first-order valence-electron chi connectivity index (χ1n) is 6.20. The van der Waals surface area contributed by atoms with Crippen molar-refractivity contribution in [3.05, 3.63) is 0 Å². The number of hydrogen-bond donors (Lipinski definition) is 1. The number of carbonyl (C=O) groups is 2. The van der Waals surface area contributed by atoms with E-state index in [4.69, 9.17) is 0 Å². The minimum atomic E-state index is 0.0247. The molecule has 0 aromatic rings. The van der Waals surface area contributed by atoms with Gasteiger partial charge in [0.05, 0.1) is 0 Å². The van der Waals surface area contributed by atoms with Gasteiger partial charge >= 0.3 is 0 Å². The number of nitrogens with zero attached hydrogens (tertiary/aromatic N) is 1. The molecule has 0 N–H and O–H groups in total. The topological polar surface area (TPSA) is 37.4 Å². The van der Waals surface area contributed by atoms with Gasteiger partial charge in [-0.2, -0.15) is 12.6 Å². The molecule has 0 aromatic heterocycles. The quantitative estimate of drug-likeness (QED) is 0.442. The van der Waals surface area contributed by atoms with Crippen LogP contribution in [-0.2, 0) is 9.59 Å². The number of carbonyl (C=O) groups excluding carboxylic acids is 2. The Hall–Kier alpha value is -0.510. The van der Waals surface area contributed by atoms with E-state index in [1.165, 1.54) is 4.90 Å². The first-order chi connectivity index (χ1) is 7.75. The molecular weight excluding hydrogens is 222 g/mol. The fourth-order valence-electron chi connectivity index (χ4n) is 1.95. The van der Waals surface area contributed by atoms with E-state index in [-0.39, 0.29) is 11.8 Å². The highest BCUT2D eigenvalue weighted by molar-refractivity contribution is 7.80. The summed E-state index contributed by atoms with van der Waals surface area (Å²) >= 11 is 4.15. The van der Waals surface area contributed by atoms with E-state index < -0.39 is 0 Å². The molecule has 16 heavy (non-hydrogen) atoms. The van der Waals surface area contributed by atoms with Gasteiger partial charge in [0.1, 0.15) is 0 Å². The van der Waals surface area contributed by atoms with Crippen LogP contribution in [0.25, 0.3) is 0 Å². The number of thiol groups is 1. The van der Waals surface area contributed by atoms with E-state index in [0.29, 0.717) is 19.4 Å². The predicted octanol–water partition coefficient (Wildman–Crippen LogP) is 2.41. The molecule has 0 aliphatic carbocycles. The number of imide groups is 1. The number of likely N-dealkylation sites (tertiary alicyclic amines) is 1. The second kappa shape index (κ2) is 7.71. The first-order valence-corrected chi connectivity index (χ1v) is 6.83. The molecule has 92 valence electrons. The molecular formula is C12H21NO2S. The Morgan fingerprint density at radius 3 is 2.06 bits per heavy atom. The normalized spacial score (nSPS) is 17.7. The van der Waals surface area contributed by atoms with Crippen LogP contribution in [0, 0.1) is 0 Å². The van der Waals surface area contributed by atoms with Gasteiger partial charge in [-0.15, -0.1) is 0 Å². The van der Waals surface area contributed by atoms with Crippen molar-refractivity contribution in [2.24, 2.45) is 0 Å². The van der Waals surface area contributed by atoms with Gasteiger partial charge in [0.25, 0.3) is 0 Å². The molecule has 1 heterocycles. The highest BCUT2D eigenvalue weighted by Crippen LogP contribution is 2.13. The van der Waals surface area contributed by atoms with Crippen LogP contribution >= 0.6 is 12.6 Å². The molecule has 1 fully saturated rings. The molecule has 0 atom stereocenters. The highest BCUT2D eigenvalue weighted by atomic mass is 32.1. The molecule has 2 amide bonds. The summed E-state index contributed by atoms with van der Waals surface area (Å²) in [5, 5.41) is 0. The minimum Gasteiger partial charge on any atom is -0.283 e. The van der Waals surface area contributed by atoms with Gasteiger partial charge < -0.3 is 0 Å². The van der Waals surface area contributed by atoms with Crippen molar-refractivity contribution in [3.8, 4) is 0 Å². The lowest BCUT2D eigenvalue weighted by Gasteiger charge is -2.18. The summed E-state index contributed by atoms with van der Waals surface area (Å²) in [7, 11) is 0. The summed E-state index contributed by atoms with van der Waals surface area (Å²) in [5.41, 5.74) is 0. The van der Waals surface area contributed by atoms with Crippen LogP contribution in [0.15, 0.2) is 0 Å². The molecule has 1 aliphatic heterocycles. The Bertz CT molecular complexity index is 225. The van der Waals surface area contributed by atoms with Crippen molar-refractivity contribution < 1.29 is 9.59 Å². The second-order valence-corrected chi connectivity index (χ2v) is 4.73. The van der Waals surface area contributed by atoms with Crippen LogP contribution < -0.4 is 0 Å². The van der Waals surface area contributed by atoms with Crippen LogP contribution in [-0.4, -0.2) is 29.0 Å². The summed E-state index contributed by atoms with van der Waals surface area (Å²) in [4.78, 5) is 24.7. The number of unbranched alkanes of at least 4 members (excludes halogenated alkanes) is 3. The lowest BCUT2D eigenvalue weighted by Crippen LogP contribution is -2.35. The molecule has 0 bridgehead atoms. The zero-order chi connectivity index (χ0) is 11.8. The zero-order valence-electron chi connectivity index (χ0n) is 9.78. The Morgan fingerprint density at radius 2 is 1.50 bits per heavy atom. The third kappa shape index (κ3) is 4.56. The molecule has 1 aliphatic rings. The van der Waals surface area contributed by atoms with Crippen molar-refractivity contribution in [2.45, 2.75) is 51.4 Å². The predicted molar refractivity (Wildman–Crippen MR) is 67.5 cm³/mol. The van der Waals surface area contributed by atoms with Crippen LogP contribution in [0.1, 0.15) is 51.4 Å². The zero-order valence-corrected chi connectivity index (χ0v) is 10.7. The number of hydrogen-bond acceptors (Lipinski definition) is 3. The molecule has 0 unspecified atom stereocenters. The Labute approximate surface area is 103 Å². The maximum atomic E-state index is 11.6. The maximum Gasteiger partial charge on any atom is 0.229 e. The molecule has 3 nitrogen and oxygen atoms in total. The Kier molecular flexibility index (Phi) is 6.53. The lowest BCUT2D eigenvalue weighted by molar-refractivity contribution is -0.143. The van der Waals surface area contributed by atoms with E-state index in [9.17, 15) is 9.59 Å². The van der Waals surface area contributed by atoms with Crippen LogP contribution in [0.2, 0.25) is 0 Å². The average molecular weight is 243 g/mol. The summed E-state index contributed by atoms with van der Waals surface area (Å²) in [6.45, 7) is 0.615. The van der Waals surface area contributed by atoms with Gasteiger partial charge in [0.15, 0.2) is 0 Å². The van der Waals surface area contributed by atoms with Crippen molar-refractivity contribution in [2.75, 3.05) is 12.3 Å². The van der Waals surface area contributed by atoms with Crippen molar-refractivity contribution in [1.29, 1.82) is 0 Å². The summed E-state index contributed by atoms with van der Waals surface area (Å²) in [6, 6.07) is 0. The van der Waals surface area contributed by atoms with Crippen LogP contribution in [0.5, 0.6) is 0 Å². The molecule has 0 spiro atoms. The van der Waals surface area contributed by atoms with Crippen LogP contribution in [0.3, 0.4) is 0 Å². The van der Waals surface area contributed by atoms with Gasteiger partial charge in [-0.3, -0.25) is 14.5 Å². The smallest absolute Gasteiger partial charge is 0.229 e. The largest absolute Gasteiger partial charge is 0.283 e. The van der Waals surface area contributed by atoms with E-state index in [2.05, 4.69) is 12.6 Å². The number of amides is 2. The molecule has 0 aromatic carbocycles. The fraction of sp³-hybridized carbons (Fsp3) is 0.833. The van der Waals surface area contributed by atoms with Crippen molar-refractivity contribution in [3.63, 3.8) is 0 Å². The molecule has 0 saturated carbocycles. The SMILES string of the molecule is O=C1CCCCC(=O)N1CCCCCCS.